The summed E-state index contributed by atoms with van der Waals surface area (Å²) >= 11 is 0. The van der Waals surface area contributed by atoms with Crippen LogP contribution in [0.3, 0.4) is 0 Å². The summed E-state index contributed by atoms with van der Waals surface area (Å²) in [5.74, 6) is 1.75. The quantitative estimate of drug-likeness (QED) is 0.771. The summed E-state index contributed by atoms with van der Waals surface area (Å²) in [5.41, 5.74) is 0. The molecule has 1 fully saturated rings. The molecular weight excluding hydrogens is 242 g/mol. The van der Waals surface area contributed by atoms with Crippen LogP contribution in [-0.2, 0) is 10.8 Å². The second kappa shape index (κ2) is 8.31. The van der Waals surface area contributed by atoms with Gasteiger partial charge in [0.05, 0.1) is 0 Å². The molecule has 0 radical (unpaired) electrons. The molecule has 0 aliphatic heterocycles. The van der Waals surface area contributed by atoms with Gasteiger partial charge >= 0.3 is 0 Å². The Morgan fingerprint density at radius 3 is 2.61 bits per heavy atom. The van der Waals surface area contributed by atoms with E-state index in [1.54, 1.807) is 0 Å². The van der Waals surface area contributed by atoms with Gasteiger partial charge in [0.25, 0.3) is 0 Å². The molecule has 0 heterocycles. The highest BCUT2D eigenvalue weighted by molar-refractivity contribution is 7.84. The first-order valence-electron chi connectivity index (χ1n) is 7.54. The Hall–Kier alpha value is 0.110. The number of nitrogens with one attached hydrogen (secondary N) is 1. The van der Waals surface area contributed by atoms with Crippen LogP contribution in [0.1, 0.15) is 59.3 Å². The van der Waals surface area contributed by atoms with Gasteiger partial charge in [-0.25, -0.2) is 0 Å². The van der Waals surface area contributed by atoms with Gasteiger partial charge in [0.2, 0.25) is 0 Å². The van der Waals surface area contributed by atoms with Crippen LogP contribution in [-0.4, -0.2) is 28.3 Å². The van der Waals surface area contributed by atoms with E-state index in [4.69, 9.17) is 0 Å². The molecule has 1 aliphatic carbocycles. The maximum atomic E-state index is 11.3. The molecular formula is C15H31NOS. The lowest BCUT2D eigenvalue weighted by Gasteiger charge is -2.31. The van der Waals surface area contributed by atoms with Crippen LogP contribution in [0.5, 0.6) is 0 Å². The summed E-state index contributed by atoms with van der Waals surface area (Å²) in [6.45, 7) is 7.77. The minimum atomic E-state index is -0.672. The normalized spacial score (nSPS) is 28.3. The summed E-state index contributed by atoms with van der Waals surface area (Å²) < 4.78 is 11.3. The predicted molar refractivity (Wildman–Crippen MR) is 81.3 cm³/mol. The van der Waals surface area contributed by atoms with Crippen molar-refractivity contribution in [1.82, 2.24) is 5.32 Å². The maximum absolute atomic E-state index is 11.3. The predicted octanol–water partition coefficient (Wildman–Crippen LogP) is 3.34. The molecule has 0 amide bonds. The van der Waals surface area contributed by atoms with E-state index in [-0.39, 0.29) is 0 Å². The number of hydrogen-bond donors (Lipinski definition) is 1. The van der Waals surface area contributed by atoms with Crippen molar-refractivity contribution in [2.24, 2.45) is 11.8 Å². The van der Waals surface area contributed by atoms with Crippen LogP contribution in [0.2, 0.25) is 0 Å². The average molecular weight is 273 g/mol. The molecule has 4 atom stereocenters. The average Bonchev–Trinajstić information content (AvgIpc) is 2.28. The number of hydrogen-bond acceptors (Lipinski definition) is 2. The van der Waals surface area contributed by atoms with Crippen molar-refractivity contribution < 1.29 is 4.21 Å². The lowest BCUT2D eigenvalue weighted by atomic mass is 9.81. The monoisotopic (exact) mass is 273 g/mol. The molecule has 0 aromatic carbocycles. The van der Waals surface area contributed by atoms with Crippen LogP contribution in [0.15, 0.2) is 0 Å². The Morgan fingerprint density at radius 1 is 1.28 bits per heavy atom. The third-order valence-electron chi connectivity index (χ3n) is 4.14. The van der Waals surface area contributed by atoms with Crippen molar-refractivity contribution in [2.45, 2.75) is 70.6 Å². The molecule has 1 N–H and O–H groups in total. The van der Waals surface area contributed by atoms with Crippen LogP contribution >= 0.6 is 0 Å². The molecule has 18 heavy (non-hydrogen) atoms. The first-order chi connectivity index (χ1) is 8.49. The first-order valence-corrected chi connectivity index (χ1v) is 9.16. The highest BCUT2D eigenvalue weighted by Crippen LogP contribution is 2.29. The summed E-state index contributed by atoms with van der Waals surface area (Å²) in [7, 11) is -0.672. The lowest BCUT2D eigenvalue weighted by molar-refractivity contribution is 0.253. The fourth-order valence-corrected chi connectivity index (χ4v) is 3.46. The standard InChI is InChI=1S/C15H31NOS/c1-12(2)10-14-6-5-7-15(11-14)16-9-8-13(3)18(4)17/h12-16H,5-11H2,1-4H3. The molecule has 0 saturated heterocycles. The van der Waals surface area contributed by atoms with Crippen molar-refractivity contribution >= 4 is 10.8 Å². The van der Waals surface area contributed by atoms with Crippen molar-refractivity contribution in [3.8, 4) is 0 Å². The zero-order chi connectivity index (χ0) is 13.5. The summed E-state index contributed by atoms with van der Waals surface area (Å²) in [6, 6.07) is 0.708. The Labute approximate surface area is 116 Å². The van der Waals surface area contributed by atoms with Gasteiger partial charge in [-0.15, -0.1) is 0 Å². The van der Waals surface area contributed by atoms with Gasteiger partial charge in [-0.2, -0.15) is 0 Å². The molecule has 0 bridgehead atoms. The van der Waals surface area contributed by atoms with E-state index in [1.807, 2.05) is 6.26 Å². The highest BCUT2D eigenvalue weighted by Gasteiger charge is 2.22. The molecule has 0 aromatic heterocycles. The Morgan fingerprint density at radius 2 is 2.00 bits per heavy atom. The van der Waals surface area contributed by atoms with E-state index in [0.29, 0.717) is 11.3 Å². The van der Waals surface area contributed by atoms with Gasteiger partial charge in [-0.3, -0.25) is 4.21 Å². The fraction of sp³-hybridized carbons (Fsp3) is 1.00. The number of rotatable bonds is 7. The third-order valence-corrected chi connectivity index (χ3v) is 5.51. The van der Waals surface area contributed by atoms with Gasteiger partial charge < -0.3 is 5.32 Å². The SMILES string of the molecule is CC(C)CC1CCCC(NCCC(C)S(C)=O)C1. The second-order valence-electron chi connectivity index (χ2n) is 6.41. The van der Waals surface area contributed by atoms with Gasteiger partial charge in [-0.05, 0) is 44.1 Å². The molecule has 0 spiro atoms. The van der Waals surface area contributed by atoms with Crippen LogP contribution in [0, 0.1) is 11.8 Å². The van der Waals surface area contributed by atoms with Crippen LogP contribution < -0.4 is 5.32 Å². The third kappa shape index (κ3) is 6.33. The van der Waals surface area contributed by atoms with Crippen LogP contribution in [0.25, 0.3) is 0 Å². The van der Waals surface area contributed by atoms with E-state index in [1.165, 1.54) is 32.1 Å². The smallest absolute Gasteiger partial charge is 0.0329 e. The molecule has 2 nitrogen and oxygen atoms in total. The topological polar surface area (TPSA) is 29.1 Å². The largest absolute Gasteiger partial charge is 0.314 e. The van der Waals surface area contributed by atoms with Gasteiger partial charge in [0.1, 0.15) is 0 Å². The Kier molecular flexibility index (Phi) is 7.47. The second-order valence-corrected chi connectivity index (χ2v) is 8.21. The van der Waals surface area contributed by atoms with E-state index in [2.05, 4.69) is 26.1 Å². The van der Waals surface area contributed by atoms with Gasteiger partial charge in [0.15, 0.2) is 0 Å². The minimum Gasteiger partial charge on any atom is -0.314 e. The fourth-order valence-electron chi connectivity index (χ4n) is 3.01. The zero-order valence-electron chi connectivity index (χ0n) is 12.6. The highest BCUT2D eigenvalue weighted by atomic mass is 32.2. The Balaban J connectivity index is 2.20. The van der Waals surface area contributed by atoms with Crippen molar-refractivity contribution in [2.75, 3.05) is 12.8 Å². The van der Waals surface area contributed by atoms with E-state index < -0.39 is 10.8 Å². The maximum Gasteiger partial charge on any atom is 0.0329 e. The van der Waals surface area contributed by atoms with Crippen molar-refractivity contribution in [1.29, 1.82) is 0 Å². The summed E-state index contributed by atoms with van der Waals surface area (Å²) in [5, 5.41) is 4.00. The Bertz CT molecular complexity index is 255. The molecule has 108 valence electrons. The molecule has 4 unspecified atom stereocenters. The van der Waals surface area contributed by atoms with Gasteiger partial charge in [-0.1, -0.05) is 33.6 Å². The van der Waals surface area contributed by atoms with Crippen molar-refractivity contribution in [3.63, 3.8) is 0 Å². The summed E-state index contributed by atoms with van der Waals surface area (Å²) in [6.07, 6.45) is 9.71. The lowest BCUT2D eigenvalue weighted by Crippen LogP contribution is -2.36. The molecule has 1 rings (SSSR count). The molecule has 0 aromatic rings. The van der Waals surface area contributed by atoms with E-state index in [0.717, 1.165) is 24.8 Å². The first kappa shape index (κ1) is 16.2. The van der Waals surface area contributed by atoms with Crippen LogP contribution in [0.4, 0.5) is 0 Å². The zero-order valence-corrected chi connectivity index (χ0v) is 13.4. The minimum absolute atomic E-state index is 0.326. The van der Waals surface area contributed by atoms with Gasteiger partial charge in [0, 0.05) is 28.3 Å². The van der Waals surface area contributed by atoms with E-state index >= 15 is 0 Å². The summed E-state index contributed by atoms with van der Waals surface area (Å²) in [4.78, 5) is 0. The molecule has 3 heteroatoms. The van der Waals surface area contributed by atoms with E-state index in [9.17, 15) is 4.21 Å². The van der Waals surface area contributed by atoms with Crippen molar-refractivity contribution in [3.05, 3.63) is 0 Å². The molecule has 1 saturated carbocycles. The molecule has 1 aliphatic rings.